The Bertz CT molecular complexity index is 554. The molecule has 0 atom stereocenters. The van der Waals surface area contributed by atoms with Crippen LogP contribution in [0.5, 0.6) is 0 Å². The smallest absolute Gasteiger partial charge is 0.145 e. The van der Waals surface area contributed by atoms with Gasteiger partial charge in [-0.2, -0.15) is 10.5 Å². The maximum Gasteiger partial charge on any atom is 0.145 e. The highest BCUT2D eigenvalue weighted by molar-refractivity contribution is 9.11. The average Bonchev–Trinajstić information content (AvgIpc) is 2.31. The van der Waals surface area contributed by atoms with Gasteiger partial charge in [-0.15, -0.1) is 0 Å². The van der Waals surface area contributed by atoms with E-state index in [0.717, 1.165) is 0 Å². The van der Waals surface area contributed by atoms with E-state index < -0.39 is 0 Å². The molecule has 1 rings (SSSR count). The van der Waals surface area contributed by atoms with E-state index in [1.165, 1.54) is 6.20 Å². The summed E-state index contributed by atoms with van der Waals surface area (Å²) >= 11 is 18.5. The Morgan fingerprint density at radius 2 is 1.76 bits per heavy atom. The predicted octanol–water partition coefficient (Wildman–Crippen LogP) is 4.86. The number of nitrogens with one attached hydrogen (secondary N) is 1. The zero-order valence-corrected chi connectivity index (χ0v) is 12.7. The minimum Gasteiger partial charge on any atom is -0.358 e. The SMILES string of the molecule is N#CC(C#N)=CNc1c(Br)cc(Br)c(Cl)c1Cl. The fourth-order valence-electron chi connectivity index (χ4n) is 0.932. The molecule has 0 spiro atoms. The van der Waals surface area contributed by atoms with Crippen LogP contribution in [0.2, 0.25) is 10.0 Å². The van der Waals surface area contributed by atoms with Gasteiger partial charge in [0.15, 0.2) is 0 Å². The fraction of sp³-hybridized carbons (Fsp3) is 0. The van der Waals surface area contributed by atoms with Crippen molar-refractivity contribution in [3.05, 3.63) is 36.8 Å². The van der Waals surface area contributed by atoms with Crippen molar-refractivity contribution in [2.75, 3.05) is 5.32 Å². The van der Waals surface area contributed by atoms with Crippen molar-refractivity contribution in [3.8, 4) is 12.1 Å². The van der Waals surface area contributed by atoms with Gasteiger partial charge in [-0.3, -0.25) is 0 Å². The molecular formula is C10H3Br2Cl2N3. The molecule has 0 saturated heterocycles. The molecule has 1 N–H and O–H groups in total. The first kappa shape index (κ1) is 14.3. The minimum atomic E-state index is -0.0630. The zero-order chi connectivity index (χ0) is 13.0. The van der Waals surface area contributed by atoms with E-state index in [-0.39, 0.29) is 5.57 Å². The molecule has 1 aromatic carbocycles. The Hall–Kier alpha value is -0.720. The summed E-state index contributed by atoms with van der Waals surface area (Å²) in [6.07, 6.45) is 1.26. The first-order chi connectivity index (χ1) is 8.01. The lowest BCUT2D eigenvalue weighted by atomic mass is 10.3. The summed E-state index contributed by atoms with van der Waals surface area (Å²) in [5.41, 5.74) is 0.426. The summed E-state index contributed by atoms with van der Waals surface area (Å²) in [4.78, 5) is 0. The number of rotatable bonds is 2. The normalized spacial score (nSPS) is 9.06. The molecule has 0 saturated carbocycles. The molecule has 0 aliphatic carbocycles. The van der Waals surface area contributed by atoms with Gasteiger partial charge in [-0.1, -0.05) is 23.2 Å². The van der Waals surface area contributed by atoms with Crippen molar-refractivity contribution in [2.45, 2.75) is 0 Å². The second-order valence-electron chi connectivity index (χ2n) is 2.77. The quantitative estimate of drug-likeness (QED) is 0.442. The number of allylic oxidation sites excluding steroid dienone is 1. The fourth-order valence-corrected chi connectivity index (χ4v) is 2.84. The van der Waals surface area contributed by atoms with Crippen LogP contribution < -0.4 is 5.32 Å². The topological polar surface area (TPSA) is 59.6 Å². The maximum atomic E-state index is 8.58. The maximum absolute atomic E-state index is 8.58. The molecule has 3 nitrogen and oxygen atoms in total. The summed E-state index contributed by atoms with van der Waals surface area (Å²) < 4.78 is 1.30. The van der Waals surface area contributed by atoms with E-state index in [1.807, 2.05) is 0 Å². The largest absolute Gasteiger partial charge is 0.358 e. The van der Waals surface area contributed by atoms with Gasteiger partial charge in [0, 0.05) is 15.1 Å². The molecule has 0 heterocycles. The Morgan fingerprint density at radius 3 is 2.29 bits per heavy atom. The summed E-state index contributed by atoms with van der Waals surface area (Å²) in [5, 5.41) is 20.6. The third kappa shape index (κ3) is 3.37. The lowest BCUT2D eigenvalue weighted by Gasteiger charge is -2.09. The van der Waals surface area contributed by atoms with Crippen molar-refractivity contribution in [2.24, 2.45) is 0 Å². The van der Waals surface area contributed by atoms with Gasteiger partial charge in [-0.05, 0) is 37.9 Å². The third-order valence-electron chi connectivity index (χ3n) is 1.72. The second kappa shape index (κ2) is 6.28. The van der Waals surface area contributed by atoms with E-state index in [1.54, 1.807) is 18.2 Å². The van der Waals surface area contributed by atoms with Crippen LogP contribution in [0.25, 0.3) is 0 Å². The van der Waals surface area contributed by atoms with Gasteiger partial charge in [0.1, 0.15) is 17.7 Å². The zero-order valence-electron chi connectivity index (χ0n) is 8.06. The van der Waals surface area contributed by atoms with Crippen molar-refractivity contribution >= 4 is 60.7 Å². The van der Waals surface area contributed by atoms with Crippen molar-refractivity contribution in [1.29, 1.82) is 10.5 Å². The van der Waals surface area contributed by atoms with E-state index >= 15 is 0 Å². The van der Waals surface area contributed by atoms with E-state index in [2.05, 4.69) is 37.2 Å². The van der Waals surface area contributed by atoms with Gasteiger partial charge in [-0.25, -0.2) is 0 Å². The van der Waals surface area contributed by atoms with Crippen molar-refractivity contribution in [3.63, 3.8) is 0 Å². The first-order valence-electron chi connectivity index (χ1n) is 4.11. The Balaban J connectivity index is 3.18. The van der Waals surface area contributed by atoms with Crippen LogP contribution in [0, 0.1) is 22.7 Å². The number of nitriles is 2. The molecule has 7 heteroatoms. The molecule has 0 amide bonds. The average molecular weight is 396 g/mol. The highest BCUT2D eigenvalue weighted by Crippen LogP contribution is 2.41. The van der Waals surface area contributed by atoms with Gasteiger partial charge in [0.05, 0.1) is 15.7 Å². The van der Waals surface area contributed by atoms with Crippen molar-refractivity contribution < 1.29 is 0 Å². The van der Waals surface area contributed by atoms with Crippen LogP contribution in [0.1, 0.15) is 0 Å². The van der Waals surface area contributed by atoms with Crippen LogP contribution in [-0.2, 0) is 0 Å². The van der Waals surface area contributed by atoms with E-state index in [9.17, 15) is 0 Å². The molecule has 0 aromatic heterocycles. The molecule has 1 aromatic rings. The standard InChI is InChI=1S/C10H3Br2Cl2N3/c11-6-1-7(12)10(9(14)8(6)13)17-4-5(2-15)3-16/h1,4,17H. The Labute approximate surface area is 125 Å². The highest BCUT2D eigenvalue weighted by Gasteiger charge is 2.12. The molecule has 0 aliphatic rings. The first-order valence-corrected chi connectivity index (χ1v) is 6.45. The summed E-state index contributed by atoms with van der Waals surface area (Å²) in [6, 6.07) is 5.16. The van der Waals surface area contributed by atoms with Gasteiger partial charge < -0.3 is 5.32 Å². The molecule has 0 bridgehead atoms. The molecule has 0 fully saturated rings. The monoisotopic (exact) mass is 393 g/mol. The summed E-state index contributed by atoms with van der Waals surface area (Å²) in [7, 11) is 0. The van der Waals surface area contributed by atoms with Crippen LogP contribution in [0.4, 0.5) is 5.69 Å². The molecule has 0 aliphatic heterocycles. The Morgan fingerprint density at radius 1 is 1.18 bits per heavy atom. The second-order valence-corrected chi connectivity index (χ2v) is 5.23. The summed E-state index contributed by atoms with van der Waals surface area (Å²) in [6.45, 7) is 0. The van der Waals surface area contributed by atoms with Crippen LogP contribution in [0.3, 0.4) is 0 Å². The van der Waals surface area contributed by atoms with Crippen molar-refractivity contribution in [1.82, 2.24) is 0 Å². The lowest BCUT2D eigenvalue weighted by Crippen LogP contribution is -1.93. The number of halogens is 4. The number of anilines is 1. The minimum absolute atomic E-state index is 0.0630. The summed E-state index contributed by atoms with van der Waals surface area (Å²) in [5.74, 6) is 0. The van der Waals surface area contributed by atoms with Crippen LogP contribution in [-0.4, -0.2) is 0 Å². The van der Waals surface area contributed by atoms with Gasteiger partial charge in [0.2, 0.25) is 0 Å². The predicted molar refractivity (Wildman–Crippen MR) is 74.8 cm³/mol. The molecule has 0 radical (unpaired) electrons. The molecular weight excluding hydrogens is 393 g/mol. The van der Waals surface area contributed by atoms with E-state index in [4.69, 9.17) is 33.7 Å². The number of hydrogen-bond donors (Lipinski definition) is 1. The molecule has 17 heavy (non-hydrogen) atoms. The highest BCUT2D eigenvalue weighted by atomic mass is 79.9. The Kier molecular flexibility index (Phi) is 5.30. The molecule has 86 valence electrons. The number of benzene rings is 1. The van der Waals surface area contributed by atoms with Gasteiger partial charge in [0.25, 0.3) is 0 Å². The van der Waals surface area contributed by atoms with E-state index in [0.29, 0.717) is 24.7 Å². The lowest BCUT2D eigenvalue weighted by molar-refractivity contribution is 1.44. The number of hydrogen-bond acceptors (Lipinski definition) is 3. The van der Waals surface area contributed by atoms with Crippen LogP contribution in [0.15, 0.2) is 26.8 Å². The van der Waals surface area contributed by atoms with Gasteiger partial charge >= 0.3 is 0 Å². The molecule has 0 unspecified atom stereocenters. The van der Waals surface area contributed by atoms with Crippen LogP contribution >= 0.6 is 55.1 Å². The number of nitrogens with zero attached hydrogens (tertiary/aromatic N) is 2. The third-order valence-corrected chi connectivity index (χ3v) is 4.06.